The first kappa shape index (κ1) is 12.6. The third kappa shape index (κ3) is 3.30. The van der Waals surface area contributed by atoms with Crippen molar-refractivity contribution >= 4 is 40.7 Å². The molecule has 0 aliphatic rings. The minimum absolute atomic E-state index is 0.744. The van der Waals surface area contributed by atoms with Crippen LogP contribution in [0.15, 0.2) is 19.8 Å². The van der Waals surface area contributed by atoms with Crippen LogP contribution in [0.4, 0.5) is 5.82 Å². The van der Waals surface area contributed by atoms with Crippen LogP contribution in [0.25, 0.3) is 0 Å². The van der Waals surface area contributed by atoms with E-state index in [1.54, 1.807) is 23.1 Å². The van der Waals surface area contributed by atoms with Crippen LogP contribution in [0.5, 0.6) is 0 Å². The van der Waals surface area contributed by atoms with Gasteiger partial charge in [-0.15, -0.1) is 10.2 Å². The van der Waals surface area contributed by atoms with Gasteiger partial charge in [0.05, 0.1) is 0 Å². The summed E-state index contributed by atoms with van der Waals surface area (Å²) in [6.45, 7) is 1.87. The van der Waals surface area contributed by atoms with E-state index >= 15 is 0 Å². The van der Waals surface area contributed by atoms with Gasteiger partial charge in [0.25, 0.3) is 0 Å². The molecule has 2 heterocycles. The van der Waals surface area contributed by atoms with Crippen LogP contribution < -0.4 is 5.32 Å². The quantitative estimate of drug-likeness (QED) is 0.684. The highest BCUT2D eigenvalue weighted by Gasteiger charge is 2.08. The van der Waals surface area contributed by atoms with Crippen LogP contribution in [0.1, 0.15) is 5.82 Å². The molecule has 8 heteroatoms. The van der Waals surface area contributed by atoms with E-state index in [1.165, 1.54) is 11.8 Å². The molecular weight excluding hydrogens is 274 g/mol. The zero-order valence-electron chi connectivity index (χ0n) is 9.59. The molecule has 0 spiro atoms. The molecule has 2 aromatic rings. The largest absolute Gasteiger partial charge is 0.373 e. The Kier molecular flexibility index (Phi) is 4.19. The number of aromatic nitrogens is 4. The molecule has 0 bridgehead atoms. The molecule has 17 heavy (non-hydrogen) atoms. The molecule has 1 N–H and O–H groups in total. The zero-order valence-corrected chi connectivity index (χ0v) is 12.0. The van der Waals surface area contributed by atoms with Crippen molar-refractivity contribution < 1.29 is 0 Å². The average molecular weight is 285 g/mol. The van der Waals surface area contributed by atoms with Gasteiger partial charge in [0, 0.05) is 13.1 Å². The lowest BCUT2D eigenvalue weighted by Crippen LogP contribution is -1.97. The maximum absolute atomic E-state index is 4.36. The van der Waals surface area contributed by atoms with Gasteiger partial charge in [-0.05, 0) is 24.9 Å². The minimum atomic E-state index is 0.744. The first-order chi connectivity index (χ1) is 8.21. The monoisotopic (exact) mass is 285 g/mol. The van der Waals surface area contributed by atoms with Crippen molar-refractivity contribution in [3.05, 3.63) is 11.9 Å². The highest BCUT2D eigenvalue weighted by molar-refractivity contribution is 8.02. The average Bonchev–Trinajstić information content (AvgIpc) is 2.76. The van der Waals surface area contributed by atoms with Crippen molar-refractivity contribution in [3.63, 3.8) is 0 Å². The van der Waals surface area contributed by atoms with Crippen molar-refractivity contribution in [2.45, 2.75) is 20.6 Å². The maximum Gasteiger partial charge on any atom is 0.181 e. The Morgan fingerprint density at radius 1 is 1.24 bits per heavy atom. The number of rotatable bonds is 4. The topological polar surface area (TPSA) is 63.6 Å². The Bertz CT molecular complexity index is 513. The molecule has 0 fully saturated rings. The molecule has 0 saturated heterocycles. The van der Waals surface area contributed by atoms with E-state index in [4.69, 9.17) is 0 Å². The number of thioether (sulfide) groups is 1. The first-order valence-electron chi connectivity index (χ1n) is 4.80. The lowest BCUT2D eigenvalue weighted by Gasteiger charge is -2.02. The number of nitrogens with one attached hydrogen (secondary N) is 1. The Balaban J connectivity index is 2.20. The molecule has 2 aromatic heterocycles. The Morgan fingerprint density at radius 2 is 2.00 bits per heavy atom. The molecule has 2 rings (SSSR count). The molecular formula is C9H11N5S3. The lowest BCUT2D eigenvalue weighted by molar-refractivity contribution is 0.943. The fourth-order valence-corrected chi connectivity index (χ4v) is 3.56. The number of hydrogen-bond donors (Lipinski definition) is 1. The molecule has 90 valence electrons. The SMILES string of the molecule is CNc1cc(Sc2nnc(SC)s2)nc(C)n1. The molecule has 0 saturated carbocycles. The molecule has 0 aliphatic heterocycles. The third-order valence-electron chi connectivity index (χ3n) is 1.83. The van der Waals surface area contributed by atoms with Gasteiger partial charge < -0.3 is 5.32 Å². The smallest absolute Gasteiger partial charge is 0.181 e. The summed E-state index contributed by atoms with van der Waals surface area (Å²) in [6, 6.07) is 1.90. The van der Waals surface area contributed by atoms with E-state index < -0.39 is 0 Å². The van der Waals surface area contributed by atoms with Crippen LogP contribution >= 0.6 is 34.9 Å². The Hall–Kier alpha value is -0.860. The molecule has 0 amide bonds. The van der Waals surface area contributed by atoms with E-state index in [0.29, 0.717) is 0 Å². The van der Waals surface area contributed by atoms with Crippen LogP contribution in [0.2, 0.25) is 0 Å². The van der Waals surface area contributed by atoms with E-state index in [0.717, 1.165) is 25.3 Å². The van der Waals surface area contributed by atoms with Gasteiger partial charge >= 0.3 is 0 Å². The summed E-state index contributed by atoms with van der Waals surface area (Å²) in [6.07, 6.45) is 1.99. The standard InChI is InChI=1S/C9H11N5S3/c1-5-11-6(10-2)4-7(12-5)16-9-14-13-8(15-3)17-9/h4H,1-3H3,(H,10,11,12). The van der Waals surface area contributed by atoms with E-state index in [-0.39, 0.29) is 0 Å². The number of hydrogen-bond acceptors (Lipinski definition) is 8. The summed E-state index contributed by atoms with van der Waals surface area (Å²) < 4.78 is 1.86. The molecule has 0 aliphatic carbocycles. The maximum atomic E-state index is 4.36. The number of anilines is 1. The predicted octanol–water partition coefficient (Wildman–Crippen LogP) is 2.55. The van der Waals surface area contributed by atoms with Gasteiger partial charge in [0.2, 0.25) is 0 Å². The van der Waals surface area contributed by atoms with Crippen LogP contribution in [-0.4, -0.2) is 33.5 Å². The summed E-state index contributed by atoms with van der Waals surface area (Å²) in [5.41, 5.74) is 0. The highest BCUT2D eigenvalue weighted by Crippen LogP contribution is 2.32. The van der Waals surface area contributed by atoms with Gasteiger partial charge in [-0.1, -0.05) is 23.1 Å². The fraction of sp³-hybridized carbons (Fsp3) is 0.333. The summed E-state index contributed by atoms with van der Waals surface area (Å²) >= 11 is 4.68. The van der Waals surface area contributed by atoms with E-state index in [2.05, 4.69) is 25.5 Å². The summed E-state index contributed by atoms with van der Waals surface area (Å²) in [5.74, 6) is 1.56. The molecule has 0 unspecified atom stereocenters. The van der Waals surface area contributed by atoms with Crippen LogP contribution in [-0.2, 0) is 0 Å². The van der Waals surface area contributed by atoms with Gasteiger partial charge in [-0.3, -0.25) is 0 Å². The molecule has 0 atom stereocenters. The van der Waals surface area contributed by atoms with E-state index in [1.807, 2.05) is 26.3 Å². The van der Waals surface area contributed by atoms with Crippen LogP contribution in [0, 0.1) is 6.92 Å². The molecule has 5 nitrogen and oxygen atoms in total. The molecule has 0 radical (unpaired) electrons. The van der Waals surface area contributed by atoms with Gasteiger partial charge in [0.1, 0.15) is 16.7 Å². The normalized spacial score (nSPS) is 10.5. The van der Waals surface area contributed by atoms with Gasteiger partial charge in [0.15, 0.2) is 8.68 Å². The summed E-state index contributed by atoms with van der Waals surface area (Å²) in [7, 11) is 1.84. The van der Waals surface area contributed by atoms with Crippen molar-refractivity contribution in [1.82, 2.24) is 20.2 Å². The van der Waals surface area contributed by atoms with Crippen molar-refractivity contribution in [1.29, 1.82) is 0 Å². The van der Waals surface area contributed by atoms with E-state index in [9.17, 15) is 0 Å². The first-order valence-corrected chi connectivity index (χ1v) is 7.66. The second-order valence-electron chi connectivity index (χ2n) is 3.03. The summed E-state index contributed by atoms with van der Waals surface area (Å²) in [4.78, 5) is 8.60. The Morgan fingerprint density at radius 3 is 2.65 bits per heavy atom. The predicted molar refractivity (Wildman–Crippen MR) is 72.1 cm³/mol. The second kappa shape index (κ2) is 5.65. The number of aryl methyl sites for hydroxylation is 1. The van der Waals surface area contributed by atoms with Crippen molar-refractivity contribution in [2.75, 3.05) is 18.6 Å². The van der Waals surface area contributed by atoms with Crippen LogP contribution in [0.3, 0.4) is 0 Å². The fourth-order valence-electron chi connectivity index (χ4n) is 1.13. The second-order valence-corrected chi connectivity index (χ2v) is 6.33. The lowest BCUT2D eigenvalue weighted by atomic mass is 10.5. The van der Waals surface area contributed by atoms with Crippen molar-refractivity contribution in [2.24, 2.45) is 0 Å². The zero-order chi connectivity index (χ0) is 12.3. The van der Waals surface area contributed by atoms with Gasteiger partial charge in [-0.2, -0.15) is 0 Å². The summed E-state index contributed by atoms with van der Waals surface area (Å²) in [5, 5.41) is 12.0. The minimum Gasteiger partial charge on any atom is -0.373 e. The highest BCUT2D eigenvalue weighted by atomic mass is 32.2. The number of nitrogens with zero attached hydrogens (tertiary/aromatic N) is 4. The third-order valence-corrected chi connectivity index (χ3v) is 4.69. The Labute approximate surface area is 112 Å². The molecule has 0 aromatic carbocycles. The van der Waals surface area contributed by atoms with Crippen molar-refractivity contribution in [3.8, 4) is 0 Å². The van der Waals surface area contributed by atoms with Gasteiger partial charge in [-0.25, -0.2) is 9.97 Å².